The van der Waals surface area contributed by atoms with Crippen molar-refractivity contribution in [2.24, 2.45) is 0 Å². The SMILES string of the molecule is CC.CC.CNCNC.c1ccc2c(c1)-c1cccc3cccc-2c13. The highest BCUT2D eigenvalue weighted by Crippen LogP contribution is 2.46. The van der Waals surface area contributed by atoms with Crippen molar-refractivity contribution in [1.82, 2.24) is 10.6 Å². The normalized spacial score (nSPS) is 9.68. The first-order valence-corrected chi connectivity index (χ1v) is 9.27. The minimum absolute atomic E-state index is 0.889. The number of hydrogen-bond donors (Lipinski definition) is 2. The van der Waals surface area contributed by atoms with Crippen LogP contribution in [0.1, 0.15) is 27.7 Å². The molecule has 0 unspecified atom stereocenters. The molecule has 0 radical (unpaired) electrons. The number of nitrogens with one attached hydrogen (secondary N) is 2. The molecule has 134 valence electrons. The Balaban J connectivity index is 0.000000300. The van der Waals surface area contributed by atoms with E-state index in [0.717, 1.165) is 6.67 Å². The molecular formula is C23H32N2. The Morgan fingerprint density at radius 2 is 0.960 bits per heavy atom. The third-order valence-corrected chi connectivity index (χ3v) is 3.77. The van der Waals surface area contributed by atoms with Gasteiger partial charge in [0.05, 0.1) is 0 Å². The van der Waals surface area contributed by atoms with Crippen molar-refractivity contribution in [2.45, 2.75) is 27.7 Å². The van der Waals surface area contributed by atoms with Gasteiger partial charge in [0.15, 0.2) is 0 Å². The van der Waals surface area contributed by atoms with Gasteiger partial charge in [-0.3, -0.25) is 0 Å². The van der Waals surface area contributed by atoms with Crippen LogP contribution >= 0.6 is 0 Å². The number of fused-ring (bicyclic) bond motifs is 3. The third-order valence-electron chi connectivity index (χ3n) is 3.77. The van der Waals surface area contributed by atoms with E-state index >= 15 is 0 Å². The fourth-order valence-corrected chi connectivity index (χ4v) is 2.92. The maximum absolute atomic E-state index is 2.91. The van der Waals surface area contributed by atoms with Gasteiger partial charge in [0.2, 0.25) is 0 Å². The van der Waals surface area contributed by atoms with E-state index in [1.165, 1.54) is 33.0 Å². The predicted octanol–water partition coefficient (Wildman–Crippen LogP) is 5.92. The number of hydrogen-bond acceptors (Lipinski definition) is 2. The molecule has 4 rings (SSSR count). The summed E-state index contributed by atoms with van der Waals surface area (Å²) in [5.74, 6) is 0. The van der Waals surface area contributed by atoms with E-state index in [4.69, 9.17) is 0 Å². The quantitative estimate of drug-likeness (QED) is 0.444. The highest BCUT2D eigenvalue weighted by molar-refractivity contribution is 6.15. The molecule has 0 heterocycles. The van der Waals surface area contributed by atoms with Crippen LogP contribution in [0.3, 0.4) is 0 Å². The Hall–Kier alpha value is -2.16. The van der Waals surface area contributed by atoms with Crippen LogP contribution in [-0.2, 0) is 0 Å². The first-order valence-electron chi connectivity index (χ1n) is 9.27. The van der Waals surface area contributed by atoms with Crippen LogP contribution in [0.25, 0.3) is 33.0 Å². The zero-order valence-electron chi connectivity index (χ0n) is 16.5. The van der Waals surface area contributed by atoms with Gasteiger partial charge in [-0.15, -0.1) is 0 Å². The van der Waals surface area contributed by atoms with Crippen molar-refractivity contribution in [3.05, 3.63) is 60.7 Å². The predicted molar refractivity (Wildman–Crippen MR) is 114 cm³/mol. The van der Waals surface area contributed by atoms with Crippen LogP contribution in [0.4, 0.5) is 0 Å². The lowest BCUT2D eigenvalue weighted by molar-refractivity contribution is 0.708. The summed E-state index contributed by atoms with van der Waals surface area (Å²) < 4.78 is 0. The first kappa shape index (κ1) is 20.9. The monoisotopic (exact) mass is 336 g/mol. The zero-order valence-corrected chi connectivity index (χ0v) is 16.5. The summed E-state index contributed by atoms with van der Waals surface area (Å²) >= 11 is 0. The molecule has 3 aromatic carbocycles. The molecule has 2 nitrogen and oxygen atoms in total. The van der Waals surface area contributed by atoms with Gasteiger partial charge in [-0.2, -0.15) is 0 Å². The van der Waals surface area contributed by atoms with E-state index in [2.05, 4.69) is 71.3 Å². The summed E-state index contributed by atoms with van der Waals surface area (Å²) in [6.07, 6.45) is 0. The van der Waals surface area contributed by atoms with E-state index in [1.54, 1.807) is 0 Å². The van der Waals surface area contributed by atoms with Crippen LogP contribution in [0, 0.1) is 0 Å². The van der Waals surface area contributed by atoms with Gasteiger partial charge in [-0.1, -0.05) is 88.4 Å². The summed E-state index contributed by atoms with van der Waals surface area (Å²) in [6, 6.07) is 21.8. The molecular weight excluding hydrogens is 304 g/mol. The zero-order chi connectivity index (χ0) is 18.7. The standard InChI is InChI=1S/C16H10.C3H10N2.2C2H6/c1-2-8-13-12(7-1)14-9-3-5-11-6-4-10-15(13)16(11)14;1-4-3-5-2;2*1-2/h1-10H;4-5H,3H2,1-2H3;2*1-2H3. The van der Waals surface area contributed by atoms with Gasteiger partial charge in [0.25, 0.3) is 0 Å². The molecule has 3 aromatic rings. The smallest absolute Gasteiger partial charge is 0.0449 e. The van der Waals surface area contributed by atoms with E-state index in [0.29, 0.717) is 0 Å². The van der Waals surface area contributed by atoms with Crippen LogP contribution < -0.4 is 10.6 Å². The van der Waals surface area contributed by atoms with Crippen LogP contribution in [0.15, 0.2) is 60.7 Å². The Bertz CT molecular complexity index is 703. The highest BCUT2D eigenvalue weighted by atomic mass is 15.0. The van der Waals surface area contributed by atoms with Gasteiger partial charge in [0, 0.05) is 6.67 Å². The summed E-state index contributed by atoms with van der Waals surface area (Å²) in [4.78, 5) is 0. The number of benzene rings is 3. The molecule has 1 aliphatic rings. The fraction of sp³-hybridized carbons (Fsp3) is 0.304. The Morgan fingerprint density at radius 3 is 1.32 bits per heavy atom. The molecule has 0 fully saturated rings. The molecule has 0 saturated carbocycles. The summed E-state index contributed by atoms with van der Waals surface area (Å²) in [7, 11) is 3.80. The second-order valence-electron chi connectivity index (χ2n) is 5.14. The number of rotatable bonds is 2. The lowest BCUT2D eigenvalue weighted by atomic mass is 10.0. The molecule has 0 saturated heterocycles. The average molecular weight is 337 g/mol. The Labute approximate surface area is 153 Å². The highest BCUT2D eigenvalue weighted by Gasteiger charge is 2.19. The largest absolute Gasteiger partial charge is 0.308 e. The van der Waals surface area contributed by atoms with Crippen molar-refractivity contribution in [3.8, 4) is 22.3 Å². The molecule has 0 atom stereocenters. The second-order valence-corrected chi connectivity index (χ2v) is 5.14. The first-order chi connectivity index (χ1) is 12.4. The maximum Gasteiger partial charge on any atom is 0.0449 e. The van der Waals surface area contributed by atoms with Gasteiger partial charge >= 0.3 is 0 Å². The summed E-state index contributed by atoms with van der Waals surface area (Å²) in [5, 5.41) is 8.56. The second kappa shape index (κ2) is 11.4. The molecule has 25 heavy (non-hydrogen) atoms. The summed E-state index contributed by atoms with van der Waals surface area (Å²) in [5.41, 5.74) is 5.50. The Morgan fingerprint density at radius 1 is 0.560 bits per heavy atom. The Kier molecular flexibility index (Phi) is 9.53. The lowest BCUT2D eigenvalue weighted by Gasteiger charge is -2.00. The third kappa shape index (κ3) is 4.68. The minimum atomic E-state index is 0.889. The molecule has 0 aromatic heterocycles. The van der Waals surface area contributed by atoms with Crippen molar-refractivity contribution < 1.29 is 0 Å². The van der Waals surface area contributed by atoms with Crippen molar-refractivity contribution >= 4 is 10.8 Å². The maximum atomic E-state index is 2.91. The van der Waals surface area contributed by atoms with Gasteiger partial charge in [0.1, 0.15) is 0 Å². The molecule has 1 aliphatic carbocycles. The van der Waals surface area contributed by atoms with E-state index < -0.39 is 0 Å². The van der Waals surface area contributed by atoms with E-state index in [1.807, 2.05) is 41.8 Å². The van der Waals surface area contributed by atoms with Crippen LogP contribution in [0.2, 0.25) is 0 Å². The molecule has 2 N–H and O–H groups in total. The van der Waals surface area contributed by atoms with Crippen molar-refractivity contribution in [3.63, 3.8) is 0 Å². The van der Waals surface area contributed by atoms with Gasteiger partial charge in [-0.05, 0) is 47.1 Å². The fourth-order valence-electron chi connectivity index (χ4n) is 2.92. The van der Waals surface area contributed by atoms with E-state index in [-0.39, 0.29) is 0 Å². The average Bonchev–Trinajstić information content (AvgIpc) is 3.03. The van der Waals surface area contributed by atoms with Crippen LogP contribution in [-0.4, -0.2) is 20.8 Å². The van der Waals surface area contributed by atoms with Crippen molar-refractivity contribution in [1.29, 1.82) is 0 Å². The molecule has 2 heteroatoms. The molecule has 0 spiro atoms. The lowest BCUT2D eigenvalue weighted by Crippen LogP contribution is -2.21. The minimum Gasteiger partial charge on any atom is -0.308 e. The van der Waals surface area contributed by atoms with E-state index in [9.17, 15) is 0 Å². The molecule has 0 aliphatic heterocycles. The van der Waals surface area contributed by atoms with Crippen LogP contribution in [0.5, 0.6) is 0 Å². The summed E-state index contributed by atoms with van der Waals surface area (Å²) in [6.45, 7) is 8.89. The van der Waals surface area contributed by atoms with Gasteiger partial charge in [-0.25, -0.2) is 0 Å². The topological polar surface area (TPSA) is 24.1 Å². The molecule has 0 amide bonds. The van der Waals surface area contributed by atoms with Crippen molar-refractivity contribution in [2.75, 3.05) is 20.8 Å². The molecule has 0 bridgehead atoms. The van der Waals surface area contributed by atoms with Gasteiger partial charge < -0.3 is 10.6 Å².